The molecule has 7 heteroatoms. The van der Waals surface area contributed by atoms with E-state index >= 15 is 0 Å². The van der Waals surface area contributed by atoms with Crippen molar-refractivity contribution in [2.45, 2.75) is 26.3 Å². The first kappa shape index (κ1) is 14.6. The number of nitrogens with zero attached hydrogens (tertiary/aromatic N) is 1. The molecule has 0 fully saturated rings. The molecule has 1 aromatic rings. The molecule has 0 saturated carbocycles. The summed E-state index contributed by atoms with van der Waals surface area (Å²) in [6, 6.07) is 2.64. The maximum absolute atomic E-state index is 11.9. The van der Waals surface area contributed by atoms with Crippen LogP contribution < -0.4 is 14.8 Å². The fourth-order valence-electron chi connectivity index (χ4n) is 1.26. The molecule has 0 aromatic carbocycles. The van der Waals surface area contributed by atoms with Gasteiger partial charge in [0, 0.05) is 12.1 Å². The van der Waals surface area contributed by atoms with Gasteiger partial charge in [-0.1, -0.05) is 6.92 Å². The summed E-state index contributed by atoms with van der Waals surface area (Å²) in [4.78, 5) is 3.72. The van der Waals surface area contributed by atoms with Crippen molar-refractivity contribution in [3.8, 4) is 11.6 Å². The molecule has 1 aromatic heterocycles. The Bertz CT molecular complexity index is 354. The van der Waals surface area contributed by atoms with Crippen LogP contribution in [0.2, 0.25) is 0 Å². The second kappa shape index (κ2) is 6.44. The van der Waals surface area contributed by atoms with Crippen LogP contribution >= 0.6 is 0 Å². The molecule has 0 saturated heterocycles. The number of ether oxygens (including phenoxy) is 2. The molecule has 0 aliphatic heterocycles. The van der Waals surface area contributed by atoms with E-state index in [-0.39, 0.29) is 17.7 Å². The zero-order chi connectivity index (χ0) is 13.6. The zero-order valence-electron chi connectivity index (χ0n) is 10.1. The fraction of sp³-hybridized carbons (Fsp3) is 0.545. The van der Waals surface area contributed by atoms with Gasteiger partial charge in [-0.25, -0.2) is 4.98 Å². The van der Waals surface area contributed by atoms with Gasteiger partial charge in [0.25, 0.3) is 0 Å². The third kappa shape index (κ3) is 5.72. The van der Waals surface area contributed by atoms with Crippen molar-refractivity contribution in [1.29, 1.82) is 0 Å². The van der Waals surface area contributed by atoms with Gasteiger partial charge in [0.15, 0.2) is 0 Å². The van der Waals surface area contributed by atoms with Gasteiger partial charge in [-0.3, -0.25) is 0 Å². The average molecular weight is 264 g/mol. The Morgan fingerprint density at radius 3 is 2.61 bits per heavy atom. The number of rotatable bonds is 6. The SMILES string of the molecule is CCNC(C)COc1ccc(OC(F)(F)F)cn1. The van der Waals surface area contributed by atoms with Gasteiger partial charge in [-0.15, -0.1) is 13.2 Å². The van der Waals surface area contributed by atoms with Crippen molar-refractivity contribution in [1.82, 2.24) is 10.3 Å². The molecule has 0 spiro atoms. The van der Waals surface area contributed by atoms with Crippen LogP contribution in [0.15, 0.2) is 18.3 Å². The minimum absolute atomic E-state index is 0.142. The van der Waals surface area contributed by atoms with Crippen molar-refractivity contribution < 1.29 is 22.6 Å². The van der Waals surface area contributed by atoms with Gasteiger partial charge in [-0.2, -0.15) is 0 Å². The molecular weight excluding hydrogens is 249 g/mol. The summed E-state index contributed by atoms with van der Waals surface area (Å²) in [5.74, 6) is -0.108. The molecule has 102 valence electrons. The highest BCUT2D eigenvalue weighted by molar-refractivity contribution is 5.22. The number of hydrogen-bond donors (Lipinski definition) is 1. The number of aromatic nitrogens is 1. The molecule has 18 heavy (non-hydrogen) atoms. The zero-order valence-corrected chi connectivity index (χ0v) is 10.1. The van der Waals surface area contributed by atoms with E-state index in [0.717, 1.165) is 18.8 Å². The molecule has 0 radical (unpaired) electrons. The Balaban J connectivity index is 2.45. The molecule has 1 heterocycles. The van der Waals surface area contributed by atoms with E-state index in [1.165, 1.54) is 6.07 Å². The minimum Gasteiger partial charge on any atom is -0.476 e. The molecule has 1 N–H and O–H groups in total. The van der Waals surface area contributed by atoms with Crippen molar-refractivity contribution in [2.75, 3.05) is 13.2 Å². The number of halogens is 3. The van der Waals surface area contributed by atoms with Gasteiger partial charge in [0.05, 0.1) is 6.20 Å². The maximum atomic E-state index is 11.9. The lowest BCUT2D eigenvalue weighted by atomic mass is 10.3. The van der Waals surface area contributed by atoms with E-state index in [2.05, 4.69) is 15.0 Å². The number of hydrogen-bond acceptors (Lipinski definition) is 4. The maximum Gasteiger partial charge on any atom is 0.573 e. The highest BCUT2D eigenvalue weighted by atomic mass is 19.4. The topological polar surface area (TPSA) is 43.4 Å². The number of alkyl halides is 3. The van der Waals surface area contributed by atoms with Crippen molar-refractivity contribution in [2.24, 2.45) is 0 Å². The van der Waals surface area contributed by atoms with Gasteiger partial charge >= 0.3 is 6.36 Å². The Hall–Kier alpha value is -1.50. The van der Waals surface area contributed by atoms with E-state index < -0.39 is 6.36 Å². The van der Waals surface area contributed by atoms with Crippen molar-refractivity contribution >= 4 is 0 Å². The third-order valence-corrected chi connectivity index (χ3v) is 1.98. The largest absolute Gasteiger partial charge is 0.573 e. The normalized spacial score (nSPS) is 13.2. The van der Waals surface area contributed by atoms with Crippen molar-refractivity contribution in [3.05, 3.63) is 18.3 Å². The molecule has 0 amide bonds. The Morgan fingerprint density at radius 1 is 1.39 bits per heavy atom. The summed E-state index contributed by atoms with van der Waals surface area (Å²) in [7, 11) is 0. The van der Waals surface area contributed by atoms with Crippen LogP contribution in [0.1, 0.15) is 13.8 Å². The van der Waals surface area contributed by atoms with Crippen LogP contribution in [0.3, 0.4) is 0 Å². The molecule has 1 atom stereocenters. The summed E-state index contributed by atoms with van der Waals surface area (Å²) in [5, 5.41) is 3.13. The van der Waals surface area contributed by atoms with Crippen LogP contribution in [0.25, 0.3) is 0 Å². The van der Waals surface area contributed by atoms with Crippen LogP contribution in [-0.2, 0) is 0 Å². The summed E-state index contributed by atoms with van der Waals surface area (Å²) < 4.78 is 44.7. The van der Waals surface area contributed by atoms with Gasteiger partial charge in [-0.05, 0) is 19.5 Å². The van der Waals surface area contributed by atoms with E-state index in [4.69, 9.17) is 4.74 Å². The second-order valence-corrected chi connectivity index (χ2v) is 3.65. The van der Waals surface area contributed by atoms with Gasteiger partial charge < -0.3 is 14.8 Å². The minimum atomic E-state index is -4.70. The van der Waals surface area contributed by atoms with Gasteiger partial charge in [0.2, 0.25) is 5.88 Å². The summed E-state index contributed by atoms with van der Waals surface area (Å²) in [6.07, 6.45) is -3.73. The average Bonchev–Trinajstić information content (AvgIpc) is 2.26. The molecular formula is C11H15F3N2O2. The summed E-state index contributed by atoms with van der Waals surface area (Å²) in [6.45, 7) is 5.11. The second-order valence-electron chi connectivity index (χ2n) is 3.65. The van der Waals surface area contributed by atoms with E-state index in [1.807, 2.05) is 13.8 Å². The van der Waals surface area contributed by atoms with Crippen LogP contribution in [-0.4, -0.2) is 30.5 Å². The standard InChI is InChI=1S/C11H15F3N2O2/c1-3-15-8(2)7-17-10-5-4-9(6-16-10)18-11(12,13)14/h4-6,8,15H,3,7H2,1-2H3. The number of pyridine rings is 1. The molecule has 1 unspecified atom stereocenters. The first-order valence-corrected chi connectivity index (χ1v) is 5.48. The lowest BCUT2D eigenvalue weighted by Gasteiger charge is -2.13. The van der Waals surface area contributed by atoms with Crippen LogP contribution in [0.5, 0.6) is 11.6 Å². The highest BCUT2D eigenvalue weighted by Crippen LogP contribution is 2.22. The Labute approximate surface area is 103 Å². The molecule has 1 rings (SSSR count). The molecule has 0 aliphatic carbocycles. The van der Waals surface area contributed by atoms with Crippen molar-refractivity contribution in [3.63, 3.8) is 0 Å². The summed E-state index contributed by atoms with van der Waals surface area (Å²) >= 11 is 0. The first-order valence-electron chi connectivity index (χ1n) is 5.48. The number of likely N-dealkylation sites (N-methyl/N-ethyl adjacent to an activating group) is 1. The monoisotopic (exact) mass is 264 g/mol. The third-order valence-electron chi connectivity index (χ3n) is 1.98. The van der Waals surface area contributed by atoms with E-state index in [1.54, 1.807) is 0 Å². The molecule has 0 bridgehead atoms. The lowest BCUT2D eigenvalue weighted by Crippen LogP contribution is -2.31. The smallest absolute Gasteiger partial charge is 0.476 e. The quantitative estimate of drug-likeness (QED) is 0.856. The fourth-order valence-corrected chi connectivity index (χ4v) is 1.26. The Morgan fingerprint density at radius 2 is 2.11 bits per heavy atom. The van der Waals surface area contributed by atoms with E-state index in [9.17, 15) is 13.2 Å². The Kier molecular flexibility index (Phi) is 5.21. The predicted molar refractivity (Wildman–Crippen MR) is 59.6 cm³/mol. The van der Waals surface area contributed by atoms with Crippen LogP contribution in [0, 0.1) is 0 Å². The van der Waals surface area contributed by atoms with Crippen LogP contribution in [0.4, 0.5) is 13.2 Å². The van der Waals surface area contributed by atoms with E-state index in [0.29, 0.717) is 6.61 Å². The predicted octanol–water partition coefficient (Wildman–Crippen LogP) is 2.36. The van der Waals surface area contributed by atoms with Gasteiger partial charge in [0.1, 0.15) is 12.4 Å². The summed E-state index contributed by atoms with van der Waals surface area (Å²) in [5.41, 5.74) is 0. The lowest BCUT2D eigenvalue weighted by molar-refractivity contribution is -0.274. The molecule has 0 aliphatic rings. The molecule has 4 nitrogen and oxygen atoms in total. The highest BCUT2D eigenvalue weighted by Gasteiger charge is 2.31. The first-order chi connectivity index (χ1) is 8.40. The number of nitrogens with one attached hydrogen (secondary N) is 1.